The molecule has 0 radical (unpaired) electrons. The Hall–Kier alpha value is -1.43. The molecule has 1 aliphatic carbocycles. The standard InChI is InChI=1S/C12H17ClN2O4/c13-7-12(19)14-5-4-8(16)6-11(18)15-9-2-1-3-10(9)17/h9H,1-7H2,(H,14,19)(H,15,18)/t9-/m0/s1. The van der Waals surface area contributed by atoms with Crippen LogP contribution in [0.25, 0.3) is 0 Å². The molecular weight excluding hydrogens is 272 g/mol. The molecule has 7 heteroatoms. The quantitative estimate of drug-likeness (QED) is 0.507. The second-order valence-corrected chi connectivity index (χ2v) is 4.69. The van der Waals surface area contributed by atoms with E-state index in [-0.39, 0.29) is 42.7 Å². The third-order valence-corrected chi connectivity index (χ3v) is 3.09. The van der Waals surface area contributed by atoms with Crippen LogP contribution in [-0.2, 0) is 19.2 Å². The molecule has 1 saturated carbocycles. The molecule has 1 fully saturated rings. The van der Waals surface area contributed by atoms with Crippen molar-refractivity contribution in [3.05, 3.63) is 0 Å². The van der Waals surface area contributed by atoms with Crippen molar-refractivity contribution in [1.29, 1.82) is 0 Å². The van der Waals surface area contributed by atoms with E-state index in [0.717, 1.165) is 6.42 Å². The van der Waals surface area contributed by atoms with Crippen LogP contribution in [0.3, 0.4) is 0 Å². The molecule has 0 heterocycles. The van der Waals surface area contributed by atoms with Gasteiger partial charge in [0.05, 0.1) is 12.5 Å². The first-order chi connectivity index (χ1) is 9.02. The van der Waals surface area contributed by atoms with Gasteiger partial charge in [0.25, 0.3) is 0 Å². The number of alkyl halides is 1. The largest absolute Gasteiger partial charge is 0.355 e. The van der Waals surface area contributed by atoms with Crippen LogP contribution in [0.1, 0.15) is 32.1 Å². The van der Waals surface area contributed by atoms with E-state index in [1.54, 1.807) is 0 Å². The monoisotopic (exact) mass is 288 g/mol. The first kappa shape index (κ1) is 15.6. The average molecular weight is 289 g/mol. The van der Waals surface area contributed by atoms with Gasteiger partial charge in [0.15, 0.2) is 5.78 Å². The summed E-state index contributed by atoms with van der Waals surface area (Å²) in [5.74, 6) is -1.20. The van der Waals surface area contributed by atoms with E-state index in [0.29, 0.717) is 12.8 Å². The van der Waals surface area contributed by atoms with Crippen molar-refractivity contribution in [1.82, 2.24) is 10.6 Å². The van der Waals surface area contributed by atoms with E-state index >= 15 is 0 Å². The minimum atomic E-state index is -0.436. The van der Waals surface area contributed by atoms with Gasteiger partial charge in [0, 0.05) is 19.4 Å². The Morgan fingerprint density at radius 3 is 2.58 bits per heavy atom. The summed E-state index contributed by atoms with van der Waals surface area (Å²) in [6.45, 7) is 0.167. The van der Waals surface area contributed by atoms with Crippen LogP contribution in [0.5, 0.6) is 0 Å². The highest BCUT2D eigenvalue weighted by Gasteiger charge is 2.26. The number of hydrogen-bond donors (Lipinski definition) is 2. The lowest BCUT2D eigenvalue weighted by molar-refractivity contribution is -0.130. The highest BCUT2D eigenvalue weighted by molar-refractivity contribution is 6.27. The molecule has 1 aliphatic rings. The van der Waals surface area contributed by atoms with Crippen LogP contribution >= 0.6 is 11.6 Å². The minimum absolute atomic E-state index is 0.0233. The van der Waals surface area contributed by atoms with Crippen LogP contribution in [0.15, 0.2) is 0 Å². The zero-order valence-electron chi connectivity index (χ0n) is 10.5. The topological polar surface area (TPSA) is 92.3 Å². The van der Waals surface area contributed by atoms with Crippen LogP contribution in [-0.4, -0.2) is 41.8 Å². The molecule has 0 aliphatic heterocycles. The highest BCUT2D eigenvalue weighted by Crippen LogP contribution is 2.14. The first-order valence-electron chi connectivity index (χ1n) is 6.19. The fourth-order valence-corrected chi connectivity index (χ4v) is 1.96. The Bertz CT molecular complexity index is 384. The van der Waals surface area contributed by atoms with Gasteiger partial charge < -0.3 is 10.6 Å². The van der Waals surface area contributed by atoms with Gasteiger partial charge in [-0.05, 0) is 12.8 Å². The number of ketones is 2. The maximum Gasteiger partial charge on any atom is 0.234 e. The van der Waals surface area contributed by atoms with Crippen LogP contribution in [0.2, 0.25) is 0 Å². The van der Waals surface area contributed by atoms with Crippen molar-refractivity contribution in [3.63, 3.8) is 0 Å². The molecule has 6 nitrogen and oxygen atoms in total. The number of halogens is 1. The molecule has 0 unspecified atom stereocenters. The predicted molar refractivity (Wildman–Crippen MR) is 68.8 cm³/mol. The summed E-state index contributed by atoms with van der Waals surface area (Å²) in [5.41, 5.74) is 0. The Labute approximate surface area is 116 Å². The van der Waals surface area contributed by atoms with Gasteiger partial charge in [-0.2, -0.15) is 0 Å². The third kappa shape index (κ3) is 5.83. The summed E-state index contributed by atoms with van der Waals surface area (Å²) in [4.78, 5) is 45.1. The van der Waals surface area contributed by atoms with Gasteiger partial charge in [0.2, 0.25) is 11.8 Å². The van der Waals surface area contributed by atoms with E-state index < -0.39 is 11.9 Å². The third-order valence-electron chi connectivity index (χ3n) is 2.84. The summed E-state index contributed by atoms with van der Waals surface area (Å²) in [6.07, 6.45) is 1.73. The molecule has 106 valence electrons. The maximum absolute atomic E-state index is 11.5. The molecule has 0 spiro atoms. The molecule has 1 atom stereocenters. The van der Waals surface area contributed by atoms with Crippen molar-refractivity contribution in [3.8, 4) is 0 Å². The van der Waals surface area contributed by atoms with E-state index in [2.05, 4.69) is 10.6 Å². The van der Waals surface area contributed by atoms with Crippen LogP contribution in [0, 0.1) is 0 Å². The second-order valence-electron chi connectivity index (χ2n) is 4.43. The number of nitrogens with one attached hydrogen (secondary N) is 2. The predicted octanol–water partition coefficient (Wildman–Crippen LogP) is -0.0715. The molecule has 0 bridgehead atoms. The van der Waals surface area contributed by atoms with Gasteiger partial charge in [0.1, 0.15) is 11.7 Å². The molecule has 0 aromatic heterocycles. The minimum Gasteiger partial charge on any atom is -0.355 e. The van der Waals surface area contributed by atoms with Crippen molar-refractivity contribution in [2.45, 2.75) is 38.1 Å². The maximum atomic E-state index is 11.5. The molecular formula is C12H17ClN2O4. The lowest BCUT2D eigenvalue weighted by atomic mass is 10.2. The highest BCUT2D eigenvalue weighted by atomic mass is 35.5. The SMILES string of the molecule is O=C(CCNC(=O)CCl)CC(=O)N[C@H]1CCCC1=O. The molecule has 2 amide bonds. The lowest BCUT2D eigenvalue weighted by Crippen LogP contribution is -2.38. The van der Waals surface area contributed by atoms with E-state index in [9.17, 15) is 19.2 Å². The number of rotatable bonds is 7. The van der Waals surface area contributed by atoms with Crippen LogP contribution < -0.4 is 10.6 Å². The van der Waals surface area contributed by atoms with E-state index in [1.165, 1.54) is 0 Å². The fraction of sp³-hybridized carbons (Fsp3) is 0.667. The van der Waals surface area contributed by atoms with Crippen molar-refractivity contribution < 1.29 is 19.2 Å². The summed E-state index contributed by atoms with van der Waals surface area (Å²) >= 11 is 5.27. The zero-order chi connectivity index (χ0) is 14.3. The van der Waals surface area contributed by atoms with E-state index in [1.807, 2.05) is 0 Å². The first-order valence-corrected chi connectivity index (χ1v) is 6.73. The second kappa shape index (κ2) is 7.89. The normalized spacial score (nSPS) is 18.2. The van der Waals surface area contributed by atoms with Gasteiger partial charge in [-0.1, -0.05) is 0 Å². The fourth-order valence-electron chi connectivity index (χ4n) is 1.87. The smallest absolute Gasteiger partial charge is 0.234 e. The molecule has 0 aromatic rings. The molecule has 1 rings (SSSR count). The summed E-state index contributed by atoms with van der Waals surface area (Å²) in [6, 6.07) is -0.434. The Morgan fingerprint density at radius 1 is 1.26 bits per heavy atom. The Morgan fingerprint density at radius 2 is 2.00 bits per heavy atom. The summed E-state index contributed by atoms with van der Waals surface area (Å²) in [5, 5.41) is 4.99. The molecule has 2 N–H and O–H groups in total. The zero-order valence-corrected chi connectivity index (χ0v) is 11.3. The van der Waals surface area contributed by atoms with Gasteiger partial charge >= 0.3 is 0 Å². The van der Waals surface area contributed by atoms with Crippen LogP contribution in [0.4, 0.5) is 0 Å². The van der Waals surface area contributed by atoms with Crippen molar-refractivity contribution in [2.75, 3.05) is 12.4 Å². The number of carbonyl (C=O) groups excluding carboxylic acids is 4. The lowest BCUT2D eigenvalue weighted by Gasteiger charge is -2.10. The van der Waals surface area contributed by atoms with E-state index in [4.69, 9.17) is 11.6 Å². The molecule has 19 heavy (non-hydrogen) atoms. The number of hydrogen-bond acceptors (Lipinski definition) is 4. The number of amides is 2. The van der Waals surface area contributed by atoms with Crippen molar-refractivity contribution in [2.24, 2.45) is 0 Å². The number of carbonyl (C=O) groups is 4. The Balaban J connectivity index is 2.19. The molecule has 0 aromatic carbocycles. The van der Waals surface area contributed by atoms with Gasteiger partial charge in [-0.3, -0.25) is 19.2 Å². The van der Waals surface area contributed by atoms with Gasteiger partial charge in [-0.15, -0.1) is 11.6 Å². The average Bonchev–Trinajstić information content (AvgIpc) is 2.74. The summed E-state index contributed by atoms with van der Waals surface area (Å²) < 4.78 is 0. The van der Waals surface area contributed by atoms with Crippen molar-refractivity contribution >= 4 is 35.0 Å². The van der Waals surface area contributed by atoms with Gasteiger partial charge in [-0.25, -0.2) is 0 Å². The Kier molecular flexibility index (Phi) is 6.49. The molecule has 0 saturated heterocycles. The number of Topliss-reactive ketones (excluding diaryl/α,β-unsaturated/α-hetero) is 2. The summed E-state index contributed by atoms with van der Waals surface area (Å²) in [7, 11) is 0.